The molecule has 1 heterocycles. The number of halogens is 4. The molecular formula is C32H34ClF3N4O4. The number of hydrogen-bond acceptors (Lipinski definition) is 6. The standard InChI is InChI=1S/C32H34ClF3N4O4/c1-4-21(17-18-38-28(41)6-3)22-15-13-20(14-16-22)19-44-29-24(9-7-10-25(29)33)26-11-8-12-27(39-26)40(37)30(32(34,35)36)23(5-2)31(42)43/h5,7-16,21H,2,4,6,17-19,37H2,1,3H3,(H,38,41)(H,42,43)/b30-23+. The number of anilines is 1. The van der Waals surface area contributed by atoms with Crippen LogP contribution < -0.4 is 20.9 Å². The number of carbonyl (C=O) groups excluding carboxylic acids is 1. The number of allylic oxidation sites excluding steroid dienone is 1. The average molecular weight is 631 g/mol. The van der Waals surface area contributed by atoms with Crippen LogP contribution in [0.1, 0.15) is 50.2 Å². The first kappa shape index (κ1) is 34.1. The molecule has 3 rings (SSSR count). The first-order valence-corrected chi connectivity index (χ1v) is 14.2. The summed E-state index contributed by atoms with van der Waals surface area (Å²) in [4.78, 5) is 27.3. The molecule has 1 atom stereocenters. The third kappa shape index (κ3) is 8.61. The first-order valence-electron chi connectivity index (χ1n) is 13.9. The second-order valence-corrected chi connectivity index (χ2v) is 10.2. The number of carboxylic acids is 1. The van der Waals surface area contributed by atoms with Gasteiger partial charge in [0.25, 0.3) is 0 Å². The number of aliphatic carboxylic acids is 1. The molecule has 12 heteroatoms. The van der Waals surface area contributed by atoms with Crippen LogP contribution in [0.3, 0.4) is 0 Å². The summed E-state index contributed by atoms with van der Waals surface area (Å²) >= 11 is 6.47. The lowest BCUT2D eigenvalue weighted by atomic mass is 9.92. The van der Waals surface area contributed by atoms with Gasteiger partial charge >= 0.3 is 12.1 Å². The van der Waals surface area contributed by atoms with Gasteiger partial charge < -0.3 is 15.2 Å². The fourth-order valence-electron chi connectivity index (χ4n) is 4.54. The lowest BCUT2D eigenvalue weighted by Gasteiger charge is -2.24. The largest absolute Gasteiger partial charge is 0.487 e. The number of benzene rings is 2. The molecule has 0 aliphatic heterocycles. The van der Waals surface area contributed by atoms with Gasteiger partial charge in [-0.3, -0.25) is 9.80 Å². The van der Waals surface area contributed by atoms with E-state index in [2.05, 4.69) is 23.8 Å². The molecule has 0 aliphatic carbocycles. The summed E-state index contributed by atoms with van der Waals surface area (Å²) in [6.07, 6.45) is -2.36. The van der Waals surface area contributed by atoms with Crippen molar-refractivity contribution in [3.05, 3.63) is 101 Å². The lowest BCUT2D eigenvalue weighted by Crippen LogP contribution is -2.40. The monoisotopic (exact) mass is 630 g/mol. The summed E-state index contributed by atoms with van der Waals surface area (Å²) in [5.41, 5.74) is -0.171. The van der Waals surface area contributed by atoms with Crippen molar-refractivity contribution < 1.29 is 32.6 Å². The van der Waals surface area contributed by atoms with Crippen molar-refractivity contribution in [2.45, 2.75) is 51.8 Å². The third-order valence-electron chi connectivity index (χ3n) is 6.89. The van der Waals surface area contributed by atoms with Crippen LogP contribution in [-0.4, -0.2) is 34.7 Å². The highest BCUT2D eigenvalue weighted by atomic mass is 35.5. The topological polar surface area (TPSA) is 118 Å². The molecular weight excluding hydrogens is 597 g/mol. The summed E-state index contributed by atoms with van der Waals surface area (Å²) < 4.78 is 47.7. The van der Waals surface area contributed by atoms with Crippen LogP contribution in [0.15, 0.2) is 84.6 Å². The predicted octanol–water partition coefficient (Wildman–Crippen LogP) is 7.16. The Morgan fingerprint density at radius 1 is 1.14 bits per heavy atom. The number of nitrogens with two attached hydrogens (primary N) is 1. The van der Waals surface area contributed by atoms with Crippen molar-refractivity contribution >= 4 is 29.3 Å². The number of pyridine rings is 1. The predicted molar refractivity (Wildman–Crippen MR) is 164 cm³/mol. The second-order valence-electron chi connectivity index (χ2n) is 9.76. The Balaban J connectivity index is 1.85. The minimum atomic E-state index is -5.11. The van der Waals surface area contributed by atoms with E-state index in [1.54, 1.807) is 24.3 Å². The lowest BCUT2D eigenvalue weighted by molar-refractivity contribution is -0.133. The van der Waals surface area contributed by atoms with Gasteiger partial charge in [0.1, 0.15) is 18.2 Å². The van der Waals surface area contributed by atoms with Gasteiger partial charge in [-0.25, -0.2) is 15.6 Å². The number of nitrogens with zero attached hydrogens (tertiary/aromatic N) is 2. The van der Waals surface area contributed by atoms with E-state index >= 15 is 0 Å². The smallest absolute Gasteiger partial charge is 0.433 e. The van der Waals surface area contributed by atoms with Gasteiger partial charge in [-0.1, -0.05) is 74.5 Å². The molecule has 0 fully saturated rings. The minimum absolute atomic E-state index is 0.0245. The quantitative estimate of drug-likeness (QED) is 0.0749. The van der Waals surface area contributed by atoms with Crippen molar-refractivity contribution in [1.82, 2.24) is 10.3 Å². The number of aromatic nitrogens is 1. The van der Waals surface area contributed by atoms with Gasteiger partial charge in [-0.15, -0.1) is 0 Å². The van der Waals surface area contributed by atoms with E-state index in [1.807, 2.05) is 31.2 Å². The molecule has 2 aromatic carbocycles. The van der Waals surface area contributed by atoms with E-state index in [0.29, 0.717) is 24.6 Å². The molecule has 3 aromatic rings. The molecule has 0 radical (unpaired) electrons. The van der Waals surface area contributed by atoms with Crippen LogP contribution >= 0.6 is 11.6 Å². The SMILES string of the molecule is C=C/C(C(=O)O)=C(\N(N)c1cccc(-c2cccc(Cl)c2OCc2ccc(C(CC)CCNC(=O)CC)cc2)n1)C(F)(F)F. The summed E-state index contributed by atoms with van der Waals surface area (Å²) in [5.74, 6) is 4.14. The van der Waals surface area contributed by atoms with Crippen LogP contribution in [-0.2, 0) is 16.2 Å². The number of ether oxygens (including phenoxy) is 1. The summed E-state index contributed by atoms with van der Waals surface area (Å²) in [7, 11) is 0. The molecule has 44 heavy (non-hydrogen) atoms. The minimum Gasteiger partial charge on any atom is -0.487 e. The van der Waals surface area contributed by atoms with Crippen LogP contribution in [0.25, 0.3) is 11.3 Å². The zero-order valence-corrected chi connectivity index (χ0v) is 25.1. The van der Waals surface area contributed by atoms with E-state index < -0.39 is 23.4 Å². The maximum absolute atomic E-state index is 13.9. The fraction of sp³-hybridized carbons (Fsp3) is 0.281. The number of alkyl halides is 3. The van der Waals surface area contributed by atoms with Gasteiger partial charge in [0.15, 0.2) is 5.70 Å². The molecule has 1 unspecified atom stereocenters. The maximum Gasteiger partial charge on any atom is 0.433 e. The molecule has 0 bridgehead atoms. The van der Waals surface area contributed by atoms with Gasteiger partial charge in [0.2, 0.25) is 5.91 Å². The Bertz CT molecular complexity index is 1510. The number of hydrogen-bond donors (Lipinski definition) is 3. The molecule has 4 N–H and O–H groups in total. The zero-order chi connectivity index (χ0) is 32.4. The Morgan fingerprint density at radius 2 is 1.82 bits per heavy atom. The van der Waals surface area contributed by atoms with Gasteiger partial charge in [0, 0.05) is 18.5 Å². The zero-order valence-electron chi connectivity index (χ0n) is 24.3. The number of rotatable bonds is 14. The Hall–Kier alpha value is -4.35. The van der Waals surface area contributed by atoms with Crippen LogP contribution in [0.5, 0.6) is 5.75 Å². The summed E-state index contributed by atoms with van der Waals surface area (Å²) in [6, 6.07) is 17.0. The molecule has 0 saturated carbocycles. The van der Waals surface area contributed by atoms with Crippen LogP contribution in [0.2, 0.25) is 5.02 Å². The summed E-state index contributed by atoms with van der Waals surface area (Å²) in [5, 5.41) is 12.6. The maximum atomic E-state index is 13.9. The van der Waals surface area contributed by atoms with Crippen LogP contribution in [0, 0.1) is 0 Å². The van der Waals surface area contributed by atoms with Gasteiger partial charge in [-0.05, 0) is 54.2 Å². The number of hydrazine groups is 1. The number of carbonyl (C=O) groups is 2. The van der Waals surface area contributed by atoms with Crippen molar-refractivity contribution in [2.24, 2.45) is 5.84 Å². The van der Waals surface area contributed by atoms with Crippen molar-refractivity contribution in [3.63, 3.8) is 0 Å². The molecule has 1 aromatic heterocycles. The fourth-order valence-corrected chi connectivity index (χ4v) is 4.77. The van der Waals surface area contributed by atoms with E-state index in [9.17, 15) is 27.9 Å². The third-order valence-corrected chi connectivity index (χ3v) is 7.18. The molecule has 0 aliphatic rings. The van der Waals surface area contributed by atoms with Crippen molar-refractivity contribution in [2.75, 3.05) is 11.6 Å². The van der Waals surface area contributed by atoms with Gasteiger partial charge in [0.05, 0.1) is 16.3 Å². The van der Waals surface area contributed by atoms with Crippen molar-refractivity contribution in [3.8, 4) is 17.0 Å². The highest BCUT2D eigenvalue weighted by Crippen LogP contribution is 2.38. The van der Waals surface area contributed by atoms with E-state index in [0.717, 1.165) is 24.0 Å². The molecule has 0 saturated heterocycles. The molecule has 8 nitrogen and oxygen atoms in total. The molecule has 0 spiro atoms. The second kappa shape index (κ2) is 15.4. The normalized spacial score (nSPS) is 12.6. The van der Waals surface area contributed by atoms with Crippen LogP contribution in [0.4, 0.5) is 19.0 Å². The number of carboxylic acid groups (broad SMARTS) is 1. The first-order chi connectivity index (χ1) is 20.9. The van der Waals surface area contributed by atoms with Gasteiger partial charge in [-0.2, -0.15) is 13.2 Å². The Labute approximate surface area is 259 Å². The molecule has 1 amide bonds. The Morgan fingerprint density at radius 3 is 2.41 bits per heavy atom. The van der Waals surface area contributed by atoms with E-state index in [-0.39, 0.29) is 45.7 Å². The van der Waals surface area contributed by atoms with E-state index in [4.69, 9.17) is 22.2 Å². The number of nitrogens with one attached hydrogen (secondary N) is 1. The number of para-hydroxylation sites is 1. The number of amides is 1. The Kier molecular flexibility index (Phi) is 11.9. The highest BCUT2D eigenvalue weighted by molar-refractivity contribution is 6.32. The van der Waals surface area contributed by atoms with E-state index in [1.165, 1.54) is 12.1 Å². The molecule has 234 valence electrons. The summed E-state index contributed by atoms with van der Waals surface area (Å²) in [6.45, 7) is 7.83. The highest BCUT2D eigenvalue weighted by Gasteiger charge is 2.42. The average Bonchev–Trinajstić information content (AvgIpc) is 3.00. The van der Waals surface area contributed by atoms with Crippen molar-refractivity contribution in [1.29, 1.82) is 0 Å².